The van der Waals surface area contributed by atoms with E-state index in [2.05, 4.69) is 207 Å². The van der Waals surface area contributed by atoms with Crippen molar-refractivity contribution in [1.82, 2.24) is 0 Å². The second kappa shape index (κ2) is 17.3. The van der Waals surface area contributed by atoms with Gasteiger partial charge in [0.2, 0.25) is 0 Å². The van der Waals surface area contributed by atoms with Gasteiger partial charge in [-0.15, -0.1) is 0 Å². The van der Waals surface area contributed by atoms with E-state index in [1.165, 1.54) is 65.3 Å². The molecule has 0 fully saturated rings. The first-order chi connectivity index (χ1) is 33.6. The molecule has 12 rings (SSSR count). The lowest BCUT2D eigenvalue weighted by Gasteiger charge is -2.29. The van der Waals surface area contributed by atoms with Crippen LogP contribution in [0.1, 0.15) is 75.6 Å². The number of aryl methyl sites for hydroxylation is 4. The standard InChI is InChI=1S/C64H56N2O2/c1-5-13-41-25-33-47(34-26-41)65(57-23-11-21-51-49-19-9-17-45(15-7-3)61(49)67-63(51)57)55-39-31-43-30-38-54-56(40-32-44-29-37-53(55)59(43)60(44)54)66(48-35-27-42(14-6-2)28-36-48)58-24-12-22-52-50-20-10-18-46(16-8-4)62(50)68-64(52)58/h9-12,17-40H,5-8,13-16H2,1-4H3. The van der Waals surface area contributed by atoms with Gasteiger partial charge in [-0.1, -0.05) is 175 Å². The topological polar surface area (TPSA) is 32.8 Å². The molecule has 2 heterocycles. The monoisotopic (exact) mass is 884 g/mol. The summed E-state index contributed by atoms with van der Waals surface area (Å²) in [5.41, 5.74) is 15.4. The fourth-order valence-corrected chi connectivity index (χ4v) is 11.2. The van der Waals surface area contributed by atoms with E-state index in [-0.39, 0.29) is 0 Å². The third kappa shape index (κ3) is 6.80. The highest BCUT2D eigenvalue weighted by molar-refractivity contribution is 6.28. The van der Waals surface area contributed by atoms with Crippen LogP contribution in [-0.4, -0.2) is 0 Å². The second-order valence-corrected chi connectivity index (χ2v) is 18.7. The normalized spacial score (nSPS) is 12.0. The molecule has 0 amide bonds. The number of furan rings is 2. The molecule has 4 heteroatoms. The van der Waals surface area contributed by atoms with Gasteiger partial charge in [0.1, 0.15) is 11.2 Å². The van der Waals surface area contributed by atoms with Gasteiger partial charge >= 0.3 is 0 Å². The van der Waals surface area contributed by atoms with Crippen LogP contribution >= 0.6 is 0 Å². The minimum Gasteiger partial charge on any atom is -0.454 e. The summed E-state index contributed by atoms with van der Waals surface area (Å²) in [5, 5.41) is 11.9. The van der Waals surface area contributed by atoms with Crippen molar-refractivity contribution >= 4 is 110 Å². The predicted octanol–water partition coefficient (Wildman–Crippen LogP) is 19.1. The average Bonchev–Trinajstić information content (AvgIpc) is 3.96. The highest BCUT2D eigenvalue weighted by Gasteiger charge is 2.26. The summed E-state index contributed by atoms with van der Waals surface area (Å²) in [7, 11) is 0. The third-order valence-corrected chi connectivity index (χ3v) is 14.3. The van der Waals surface area contributed by atoms with Gasteiger partial charge in [-0.05, 0) is 118 Å². The van der Waals surface area contributed by atoms with Gasteiger partial charge in [0, 0.05) is 43.7 Å². The highest BCUT2D eigenvalue weighted by Crippen LogP contribution is 2.50. The van der Waals surface area contributed by atoms with Crippen LogP contribution in [0, 0.1) is 0 Å². The van der Waals surface area contributed by atoms with E-state index < -0.39 is 0 Å². The molecule has 0 aliphatic heterocycles. The van der Waals surface area contributed by atoms with Crippen molar-refractivity contribution in [2.45, 2.75) is 79.1 Å². The van der Waals surface area contributed by atoms with Crippen LogP contribution in [0.2, 0.25) is 0 Å². The number of benzene rings is 10. The third-order valence-electron chi connectivity index (χ3n) is 14.3. The average molecular weight is 885 g/mol. The molecule has 0 spiro atoms. The Balaban J connectivity index is 1.11. The van der Waals surface area contributed by atoms with Gasteiger partial charge in [-0.25, -0.2) is 0 Å². The first kappa shape index (κ1) is 41.8. The summed E-state index contributed by atoms with van der Waals surface area (Å²) < 4.78 is 14.1. The van der Waals surface area contributed by atoms with E-state index in [0.29, 0.717) is 0 Å². The Labute approximate surface area is 398 Å². The Morgan fingerprint density at radius 2 is 0.676 bits per heavy atom. The summed E-state index contributed by atoms with van der Waals surface area (Å²) in [6.07, 6.45) is 8.36. The van der Waals surface area contributed by atoms with Gasteiger partial charge in [-0.3, -0.25) is 0 Å². The van der Waals surface area contributed by atoms with Crippen LogP contribution in [-0.2, 0) is 25.7 Å². The molecular weight excluding hydrogens is 829 g/mol. The van der Waals surface area contributed by atoms with Crippen molar-refractivity contribution in [2.75, 3.05) is 9.80 Å². The van der Waals surface area contributed by atoms with E-state index in [9.17, 15) is 0 Å². The second-order valence-electron chi connectivity index (χ2n) is 18.7. The molecule has 0 saturated heterocycles. The molecule has 4 nitrogen and oxygen atoms in total. The van der Waals surface area contributed by atoms with E-state index in [0.717, 1.165) is 119 Å². The minimum atomic E-state index is 0.902. The van der Waals surface area contributed by atoms with Crippen molar-refractivity contribution < 1.29 is 8.83 Å². The summed E-state index contributed by atoms with van der Waals surface area (Å²) in [6, 6.07) is 63.4. The van der Waals surface area contributed by atoms with Crippen molar-refractivity contribution in [3.05, 3.63) is 192 Å². The Morgan fingerprint density at radius 3 is 1.07 bits per heavy atom. The maximum atomic E-state index is 7.04. The molecule has 0 saturated carbocycles. The van der Waals surface area contributed by atoms with Crippen LogP contribution < -0.4 is 9.80 Å². The zero-order valence-corrected chi connectivity index (χ0v) is 39.5. The fraction of sp³-hybridized carbons (Fsp3) is 0.188. The molecule has 334 valence electrons. The zero-order valence-electron chi connectivity index (χ0n) is 39.5. The van der Waals surface area contributed by atoms with Gasteiger partial charge in [0.15, 0.2) is 11.2 Å². The number of fused-ring (bicyclic) bond motifs is 6. The molecule has 0 atom stereocenters. The Hall–Kier alpha value is -7.56. The fourth-order valence-electron chi connectivity index (χ4n) is 11.2. The Morgan fingerprint density at radius 1 is 0.309 bits per heavy atom. The quantitative estimate of drug-likeness (QED) is 0.102. The molecule has 0 radical (unpaired) electrons. The smallest absolute Gasteiger partial charge is 0.159 e. The van der Waals surface area contributed by atoms with E-state index in [1.807, 2.05) is 0 Å². The lowest BCUT2D eigenvalue weighted by atomic mass is 9.91. The largest absolute Gasteiger partial charge is 0.454 e. The summed E-state index contributed by atoms with van der Waals surface area (Å²) in [4.78, 5) is 4.87. The highest BCUT2D eigenvalue weighted by atomic mass is 16.3. The van der Waals surface area contributed by atoms with Crippen molar-refractivity contribution in [3.8, 4) is 0 Å². The molecule has 68 heavy (non-hydrogen) atoms. The first-order valence-corrected chi connectivity index (χ1v) is 24.9. The number of rotatable bonds is 14. The van der Waals surface area contributed by atoms with Crippen LogP contribution in [0.15, 0.2) is 179 Å². The number of anilines is 6. The first-order valence-electron chi connectivity index (χ1n) is 24.9. The van der Waals surface area contributed by atoms with Gasteiger partial charge in [0.05, 0.1) is 22.7 Å². The van der Waals surface area contributed by atoms with E-state index >= 15 is 0 Å². The van der Waals surface area contributed by atoms with Gasteiger partial charge in [-0.2, -0.15) is 0 Å². The van der Waals surface area contributed by atoms with Gasteiger partial charge < -0.3 is 18.6 Å². The molecule has 0 bridgehead atoms. The predicted molar refractivity (Wildman–Crippen MR) is 290 cm³/mol. The molecule has 0 aliphatic carbocycles. The van der Waals surface area contributed by atoms with Crippen LogP contribution in [0.4, 0.5) is 34.1 Å². The van der Waals surface area contributed by atoms with E-state index in [4.69, 9.17) is 8.83 Å². The SMILES string of the molecule is CCCc1ccc(N(c2ccc3ccc4c(N(c5ccc(CCC)cc5)c5cccc6c5oc5c(CCC)cccc56)ccc5ccc2c3c54)c2cccc3c2oc2c(CCC)cccc23)cc1. The summed E-state index contributed by atoms with van der Waals surface area (Å²) >= 11 is 0. The molecule has 0 aliphatic rings. The van der Waals surface area contributed by atoms with Gasteiger partial charge in [0.25, 0.3) is 0 Å². The van der Waals surface area contributed by atoms with Crippen molar-refractivity contribution in [1.29, 1.82) is 0 Å². The Kier molecular flexibility index (Phi) is 10.6. The van der Waals surface area contributed by atoms with Crippen LogP contribution in [0.3, 0.4) is 0 Å². The van der Waals surface area contributed by atoms with Crippen molar-refractivity contribution in [3.63, 3.8) is 0 Å². The Bertz CT molecular complexity index is 3550. The number of para-hydroxylation sites is 4. The number of hydrogen-bond donors (Lipinski definition) is 0. The minimum absolute atomic E-state index is 0.902. The maximum absolute atomic E-state index is 7.04. The molecule has 0 N–H and O–H groups in total. The maximum Gasteiger partial charge on any atom is 0.159 e. The summed E-state index contributed by atoms with van der Waals surface area (Å²) in [5.74, 6) is 0. The molecule has 12 aromatic rings. The zero-order chi connectivity index (χ0) is 45.9. The number of hydrogen-bond acceptors (Lipinski definition) is 4. The van der Waals surface area contributed by atoms with Crippen LogP contribution in [0.25, 0.3) is 76.2 Å². The summed E-state index contributed by atoms with van der Waals surface area (Å²) in [6.45, 7) is 8.96. The molecule has 0 unspecified atom stereocenters. The lowest BCUT2D eigenvalue weighted by Crippen LogP contribution is -2.12. The molecule has 2 aromatic heterocycles. The van der Waals surface area contributed by atoms with Crippen molar-refractivity contribution in [2.24, 2.45) is 0 Å². The van der Waals surface area contributed by atoms with Crippen LogP contribution in [0.5, 0.6) is 0 Å². The number of nitrogens with zero attached hydrogens (tertiary/aromatic N) is 2. The molecular formula is C64H56N2O2. The lowest BCUT2D eigenvalue weighted by molar-refractivity contribution is 0.661. The van der Waals surface area contributed by atoms with E-state index in [1.54, 1.807) is 0 Å². The molecule has 10 aromatic carbocycles.